The Morgan fingerprint density at radius 1 is 1.69 bits per heavy atom. The van der Waals surface area contributed by atoms with E-state index in [-0.39, 0.29) is 5.56 Å². The van der Waals surface area contributed by atoms with Gasteiger partial charge in [-0.25, -0.2) is 4.68 Å². The standard InChI is InChI=1S/C8H9N3OS/c1-2-11-8(12)7-5(9)4-13-6(7)3-10-11/h3-4H,2,9H2,1H3. The molecule has 2 aromatic rings. The van der Waals surface area contributed by atoms with E-state index in [4.69, 9.17) is 5.73 Å². The van der Waals surface area contributed by atoms with Gasteiger partial charge in [-0.1, -0.05) is 0 Å². The van der Waals surface area contributed by atoms with Crippen LogP contribution in [0.3, 0.4) is 0 Å². The van der Waals surface area contributed by atoms with Crippen molar-refractivity contribution in [2.45, 2.75) is 13.5 Å². The molecule has 0 aliphatic rings. The molecule has 0 amide bonds. The molecule has 0 atom stereocenters. The van der Waals surface area contributed by atoms with Gasteiger partial charge in [0.2, 0.25) is 0 Å². The number of nitrogen functional groups attached to an aromatic ring is 1. The Balaban J connectivity index is 2.92. The van der Waals surface area contributed by atoms with E-state index in [0.717, 1.165) is 4.70 Å². The van der Waals surface area contributed by atoms with Crippen LogP contribution < -0.4 is 11.3 Å². The lowest BCUT2D eigenvalue weighted by molar-refractivity contribution is 0.624. The first-order valence-corrected chi connectivity index (χ1v) is 4.84. The van der Waals surface area contributed by atoms with Gasteiger partial charge in [0.1, 0.15) is 0 Å². The number of thiophene rings is 1. The van der Waals surface area contributed by atoms with Crippen molar-refractivity contribution < 1.29 is 0 Å². The highest BCUT2D eigenvalue weighted by molar-refractivity contribution is 7.17. The summed E-state index contributed by atoms with van der Waals surface area (Å²) in [6, 6.07) is 0. The van der Waals surface area contributed by atoms with Crippen LogP contribution in [0, 0.1) is 0 Å². The predicted molar refractivity (Wildman–Crippen MR) is 54.0 cm³/mol. The Hall–Kier alpha value is -1.36. The first kappa shape index (κ1) is 8.25. The van der Waals surface area contributed by atoms with Crippen LogP contribution in [0.5, 0.6) is 0 Å². The average molecular weight is 195 g/mol. The van der Waals surface area contributed by atoms with E-state index in [1.54, 1.807) is 11.6 Å². The van der Waals surface area contributed by atoms with Crippen molar-refractivity contribution in [1.82, 2.24) is 9.78 Å². The molecule has 2 heterocycles. The highest BCUT2D eigenvalue weighted by Crippen LogP contribution is 2.23. The summed E-state index contributed by atoms with van der Waals surface area (Å²) in [6.45, 7) is 2.45. The van der Waals surface area contributed by atoms with E-state index >= 15 is 0 Å². The molecule has 2 N–H and O–H groups in total. The Bertz CT molecular complexity index is 500. The summed E-state index contributed by atoms with van der Waals surface area (Å²) < 4.78 is 2.26. The minimum atomic E-state index is -0.0984. The van der Waals surface area contributed by atoms with Crippen molar-refractivity contribution >= 4 is 27.1 Å². The van der Waals surface area contributed by atoms with Gasteiger partial charge in [-0.15, -0.1) is 11.3 Å². The third kappa shape index (κ3) is 1.12. The van der Waals surface area contributed by atoms with Crippen LogP contribution in [0.4, 0.5) is 5.69 Å². The van der Waals surface area contributed by atoms with Gasteiger partial charge >= 0.3 is 0 Å². The number of hydrogen-bond acceptors (Lipinski definition) is 4. The zero-order valence-corrected chi connectivity index (χ0v) is 7.97. The molecule has 2 rings (SSSR count). The molecule has 4 nitrogen and oxygen atoms in total. The van der Waals surface area contributed by atoms with Gasteiger partial charge in [0.15, 0.2) is 0 Å². The number of nitrogens with zero attached hydrogens (tertiary/aromatic N) is 2. The Morgan fingerprint density at radius 3 is 3.15 bits per heavy atom. The highest BCUT2D eigenvalue weighted by atomic mass is 32.1. The Morgan fingerprint density at radius 2 is 2.46 bits per heavy atom. The van der Waals surface area contributed by atoms with Crippen molar-refractivity contribution in [2.75, 3.05) is 5.73 Å². The maximum absolute atomic E-state index is 11.7. The lowest BCUT2D eigenvalue weighted by Crippen LogP contribution is -2.21. The first-order chi connectivity index (χ1) is 6.24. The number of fused-ring (bicyclic) bond motifs is 1. The van der Waals surface area contributed by atoms with Crippen LogP contribution in [0.25, 0.3) is 10.1 Å². The fourth-order valence-electron chi connectivity index (χ4n) is 1.24. The molecular weight excluding hydrogens is 186 g/mol. The van der Waals surface area contributed by atoms with Gasteiger partial charge in [-0.2, -0.15) is 5.10 Å². The van der Waals surface area contributed by atoms with Gasteiger partial charge in [-0.05, 0) is 6.92 Å². The topological polar surface area (TPSA) is 60.9 Å². The lowest BCUT2D eigenvalue weighted by atomic mass is 10.3. The van der Waals surface area contributed by atoms with Crippen molar-refractivity contribution in [1.29, 1.82) is 0 Å². The zero-order valence-electron chi connectivity index (χ0n) is 7.15. The monoisotopic (exact) mass is 195 g/mol. The van der Waals surface area contributed by atoms with E-state index in [9.17, 15) is 4.79 Å². The number of nitrogens with two attached hydrogens (primary N) is 1. The second kappa shape index (κ2) is 2.85. The normalized spacial score (nSPS) is 10.8. The number of aromatic nitrogens is 2. The fraction of sp³-hybridized carbons (Fsp3) is 0.250. The molecule has 0 aliphatic carbocycles. The maximum Gasteiger partial charge on any atom is 0.277 e. The summed E-state index contributed by atoms with van der Waals surface area (Å²) in [6.07, 6.45) is 1.68. The van der Waals surface area contributed by atoms with Crippen molar-refractivity contribution in [2.24, 2.45) is 0 Å². The quantitative estimate of drug-likeness (QED) is 0.740. The molecule has 5 heteroatoms. The van der Waals surface area contributed by atoms with E-state index in [0.29, 0.717) is 17.6 Å². The molecule has 0 aromatic carbocycles. The molecule has 0 saturated heterocycles. The van der Waals surface area contributed by atoms with E-state index in [1.165, 1.54) is 16.0 Å². The number of anilines is 1. The van der Waals surface area contributed by atoms with Crippen LogP contribution in [0.15, 0.2) is 16.4 Å². The molecule has 0 radical (unpaired) electrons. The molecule has 68 valence electrons. The van der Waals surface area contributed by atoms with Gasteiger partial charge in [-0.3, -0.25) is 4.79 Å². The van der Waals surface area contributed by atoms with E-state index < -0.39 is 0 Å². The van der Waals surface area contributed by atoms with Crippen LogP contribution in [0.1, 0.15) is 6.92 Å². The zero-order chi connectivity index (χ0) is 9.42. The summed E-state index contributed by atoms with van der Waals surface area (Å²) in [5, 5.41) is 6.37. The molecule has 0 fully saturated rings. The minimum absolute atomic E-state index is 0.0984. The van der Waals surface area contributed by atoms with Gasteiger partial charge < -0.3 is 5.73 Å². The summed E-state index contributed by atoms with van der Waals surface area (Å²) in [7, 11) is 0. The largest absolute Gasteiger partial charge is 0.397 e. The van der Waals surface area contributed by atoms with Crippen LogP contribution in [0.2, 0.25) is 0 Å². The fourth-order valence-corrected chi connectivity index (χ4v) is 2.04. The maximum atomic E-state index is 11.7. The van der Waals surface area contributed by atoms with Crippen molar-refractivity contribution in [3.63, 3.8) is 0 Å². The number of hydrogen-bond donors (Lipinski definition) is 1. The van der Waals surface area contributed by atoms with Gasteiger partial charge in [0.25, 0.3) is 5.56 Å². The second-order valence-electron chi connectivity index (χ2n) is 2.70. The lowest BCUT2D eigenvalue weighted by Gasteiger charge is -1.98. The van der Waals surface area contributed by atoms with E-state index in [2.05, 4.69) is 5.10 Å². The summed E-state index contributed by atoms with van der Waals surface area (Å²) >= 11 is 1.45. The van der Waals surface area contributed by atoms with E-state index in [1.807, 2.05) is 6.92 Å². The molecule has 0 spiro atoms. The van der Waals surface area contributed by atoms with Crippen LogP contribution >= 0.6 is 11.3 Å². The predicted octanol–water partition coefficient (Wildman–Crippen LogP) is 1.06. The van der Waals surface area contributed by atoms with Gasteiger partial charge in [0, 0.05) is 11.9 Å². The highest BCUT2D eigenvalue weighted by Gasteiger charge is 2.07. The summed E-state index contributed by atoms with van der Waals surface area (Å²) in [4.78, 5) is 11.7. The molecule has 0 bridgehead atoms. The molecule has 0 aliphatic heterocycles. The molecule has 0 saturated carbocycles. The molecule has 0 unspecified atom stereocenters. The first-order valence-electron chi connectivity index (χ1n) is 3.97. The SMILES string of the molecule is CCn1ncc2scc(N)c2c1=O. The molecular formula is C8H9N3OS. The molecule has 13 heavy (non-hydrogen) atoms. The van der Waals surface area contributed by atoms with Crippen LogP contribution in [-0.4, -0.2) is 9.78 Å². The van der Waals surface area contributed by atoms with Crippen molar-refractivity contribution in [3.05, 3.63) is 21.9 Å². The molecule has 2 aromatic heterocycles. The average Bonchev–Trinajstić information content (AvgIpc) is 2.49. The second-order valence-corrected chi connectivity index (χ2v) is 3.61. The Kier molecular flexibility index (Phi) is 1.81. The minimum Gasteiger partial charge on any atom is -0.397 e. The third-order valence-electron chi connectivity index (χ3n) is 1.91. The van der Waals surface area contributed by atoms with Crippen molar-refractivity contribution in [3.8, 4) is 0 Å². The van der Waals surface area contributed by atoms with Crippen LogP contribution in [-0.2, 0) is 6.54 Å². The number of rotatable bonds is 1. The smallest absolute Gasteiger partial charge is 0.277 e. The third-order valence-corrected chi connectivity index (χ3v) is 2.85. The summed E-state index contributed by atoms with van der Waals surface area (Å²) in [5.74, 6) is 0. The summed E-state index contributed by atoms with van der Waals surface area (Å²) in [5.41, 5.74) is 6.12. The van der Waals surface area contributed by atoms with Gasteiger partial charge in [0.05, 0.1) is 22.0 Å². The Labute approximate surface area is 78.6 Å². The number of aryl methyl sites for hydroxylation is 1.